The first-order valence-electron chi connectivity index (χ1n) is 6.40. The molecule has 0 amide bonds. The molecular weight excluding hydrogens is 244 g/mol. The van der Waals surface area contributed by atoms with E-state index in [-0.39, 0.29) is 5.57 Å². The number of hydrogen-bond acceptors (Lipinski definition) is 3. The fourth-order valence-corrected chi connectivity index (χ4v) is 2.07. The molecule has 104 valence electrons. The molecule has 1 aliphatic rings. The van der Waals surface area contributed by atoms with Gasteiger partial charge in [-0.1, -0.05) is 12.7 Å². The van der Waals surface area contributed by atoms with Gasteiger partial charge in [-0.3, -0.25) is 0 Å². The van der Waals surface area contributed by atoms with Crippen LogP contribution in [-0.4, -0.2) is 23.1 Å². The Hall–Kier alpha value is -1.84. The Labute approximate surface area is 113 Å². The largest absolute Gasteiger partial charge is 0.478 e. The third-order valence-corrected chi connectivity index (χ3v) is 3.15. The van der Waals surface area contributed by atoms with Crippen LogP contribution in [0.3, 0.4) is 0 Å². The number of esters is 1. The van der Waals surface area contributed by atoms with E-state index in [0.29, 0.717) is 24.8 Å². The summed E-state index contributed by atoms with van der Waals surface area (Å²) in [4.78, 5) is 23.2. The Balaban J connectivity index is 2.88. The van der Waals surface area contributed by atoms with Crippen molar-refractivity contribution in [3.05, 3.63) is 36.0 Å². The molecule has 1 rings (SSSR count). The minimum absolute atomic E-state index is 0.190. The molecule has 4 heteroatoms. The third kappa shape index (κ3) is 4.09. The number of carbonyl (C=O) groups is 2. The number of rotatable bonds is 6. The number of ether oxygens (including phenoxy) is 1. The van der Waals surface area contributed by atoms with E-state index in [1.54, 1.807) is 13.0 Å². The van der Waals surface area contributed by atoms with Crippen molar-refractivity contribution in [2.24, 2.45) is 0 Å². The van der Waals surface area contributed by atoms with Crippen LogP contribution in [0.15, 0.2) is 36.0 Å². The average Bonchev–Trinajstić information content (AvgIpc) is 2.37. The highest BCUT2D eigenvalue weighted by atomic mass is 16.5. The quantitative estimate of drug-likeness (QED) is 0.591. The fraction of sp³-hybridized carbons (Fsp3) is 0.467. The van der Waals surface area contributed by atoms with Crippen molar-refractivity contribution in [2.45, 2.75) is 45.1 Å². The lowest BCUT2D eigenvalue weighted by molar-refractivity contribution is -0.144. The van der Waals surface area contributed by atoms with Gasteiger partial charge in [0.2, 0.25) is 0 Å². The second-order valence-electron chi connectivity index (χ2n) is 4.73. The maximum absolute atomic E-state index is 12.1. The van der Waals surface area contributed by atoms with Gasteiger partial charge in [-0.25, -0.2) is 9.59 Å². The summed E-state index contributed by atoms with van der Waals surface area (Å²) in [7, 11) is 0. The molecule has 0 aliphatic heterocycles. The van der Waals surface area contributed by atoms with Gasteiger partial charge in [-0.2, -0.15) is 0 Å². The molecule has 1 unspecified atom stereocenters. The number of hydrogen-bond donors (Lipinski definition) is 1. The van der Waals surface area contributed by atoms with Crippen molar-refractivity contribution in [3.63, 3.8) is 0 Å². The summed E-state index contributed by atoms with van der Waals surface area (Å²) in [6.45, 7) is 9.15. The molecule has 4 nitrogen and oxygen atoms in total. The van der Waals surface area contributed by atoms with Gasteiger partial charge in [0.05, 0.1) is 0 Å². The van der Waals surface area contributed by atoms with Crippen LogP contribution in [0, 0.1) is 0 Å². The maximum atomic E-state index is 12.1. The average molecular weight is 264 g/mol. The molecule has 0 saturated heterocycles. The first-order chi connectivity index (χ1) is 8.97. The molecule has 0 aromatic carbocycles. The smallest absolute Gasteiger partial charge is 0.335 e. The minimum atomic E-state index is -1.03. The summed E-state index contributed by atoms with van der Waals surface area (Å²) in [5.41, 5.74) is 1.21. The van der Waals surface area contributed by atoms with Crippen molar-refractivity contribution in [1.29, 1.82) is 0 Å². The number of carboxylic acid groups (broad SMARTS) is 1. The van der Waals surface area contributed by atoms with Gasteiger partial charge in [-0.15, -0.1) is 6.58 Å². The fourth-order valence-electron chi connectivity index (χ4n) is 2.07. The molecule has 19 heavy (non-hydrogen) atoms. The second kappa shape index (κ2) is 6.92. The maximum Gasteiger partial charge on any atom is 0.335 e. The van der Waals surface area contributed by atoms with Crippen LogP contribution >= 0.6 is 0 Å². The lowest BCUT2D eigenvalue weighted by atomic mass is 9.91. The van der Waals surface area contributed by atoms with E-state index in [1.807, 2.05) is 0 Å². The van der Waals surface area contributed by atoms with Crippen molar-refractivity contribution in [1.82, 2.24) is 0 Å². The highest BCUT2D eigenvalue weighted by Gasteiger charge is 2.26. The summed E-state index contributed by atoms with van der Waals surface area (Å²) >= 11 is 0. The summed E-state index contributed by atoms with van der Waals surface area (Å²) in [6.07, 6.45) is 4.22. The van der Waals surface area contributed by atoms with E-state index < -0.39 is 18.0 Å². The second-order valence-corrected chi connectivity index (χ2v) is 4.73. The van der Waals surface area contributed by atoms with E-state index in [2.05, 4.69) is 13.2 Å². The van der Waals surface area contributed by atoms with E-state index >= 15 is 0 Å². The molecule has 1 aliphatic carbocycles. The van der Waals surface area contributed by atoms with Gasteiger partial charge >= 0.3 is 11.9 Å². The van der Waals surface area contributed by atoms with Gasteiger partial charge in [0.15, 0.2) is 0 Å². The molecule has 0 saturated carbocycles. The molecule has 0 radical (unpaired) electrons. The van der Waals surface area contributed by atoms with Crippen LogP contribution in [0.2, 0.25) is 0 Å². The van der Waals surface area contributed by atoms with Crippen LogP contribution in [0.25, 0.3) is 0 Å². The number of carboxylic acids is 1. The van der Waals surface area contributed by atoms with Crippen LogP contribution in [0.1, 0.15) is 39.0 Å². The Morgan fingerprint density at radius 2 is 1.95 bits per heavy atom. The standard InChI is InChI=1S/C15H20O4/c1-4-7-13(10(2)3)19-15(18)12-9-6-5-8-11(12)14(16)17/h4,13H,1-2,5-9H2,3H3,(H,16,17). The van der Waals surface area contributed by atoms with Crippen molar-refractivity contribution < 1.29 is 19.4 Å². The van der Waals surface area contributed by atoms with Crippen molar-refractivity contribution in [3.8, 4) is 0 Å². The summed E-state index contributed by atoms with van der Waals surface area (Å²) < 4.78 is 5.34. The minimum Gasteiger partial charge on any atom is -0.478 e. The van der Waals surface area contributed by atoms with E-state index in [9.17, 15) is 9.59 Å². The molecule has 0 aromatic heterocycles. The Bertz CT molecular complexity index is 431. The highest BCUT2D eigenvalue weighted by molar-refractivity contribution is 6.00. The van der Waals surface area contributed by atoms with Crippen LogP contribution in [0.4, 0.5) is 0 Å². The van der Waals surface area contributed by atoms with Crippen LogP contribution < -0.4 is 0 Å². The normalized spacial score (nSPS) is 16.7. The molecule has 1 N–H and O–H groups in total. The van der Waals surface area contributed by atoms with Crippen molar-refractivity contribution >= 4 is 11.9 Å². The highest BCUT2D eigenvalue weighted by Crippen LogP contribution is 2.27. The molecule has 0 aromatic rings. The van der Waals surface area contributed by atoms with Gasteiger partial charge < -0.3 is 9.84 Å². The molecule has 0 bridgehead atoms. The number of aliphatic carboxylic acids is 1. The van der Waals surface area contributed by atoms with Gasteiger partial charge in [-0.05, 0) is 38.2 Å². The van der Waals surface area contributed by atoms with E-state index in [0.717, 1.165) is 18.4 Å². The molecule has 0 fully saturated rings. The monoisotopic (exact) mass is 264 g/mol. The summed E-state index contributed by atoms with van der Waals surface area (Å²) in [6, 6.07) is 0. The summed E-state index contributed by atoms with van der Waals surface area (Å²) in [5.74, 6) is -1.56. The lowest BCUT2D eigenvalue weighted by Crippen LogP contribution is -2.23. The first kappa shape index (κ1) is 15.2. The lowest BCUT2D eigenvalue weighted by Gasteiger charge is -2.21. The molecular formula is C15H20O4. The third-order valence-electron chi connectivity index (χ3n) is 3.15. The zero-order valence-corrected chi connectivity index (χ0v) is 11.3. The predicted octanol–water partition coefficient (Wildman–Crippen LogP) is 3.01. The molecule has 1 atom stereocenters. The molecule has 0 heterocycles. The topological polar surface area (TPSA) is 63.6 Å². The Morgan fingerprint density at radius 3 is 2.42 bits per heavy atom. The zero-order valence-electron chi connectivity index (χ0n) is 11.3. The predicted molar refractivity (Wildman–Crippen MR) is 72.6 cm³/mol. The van der Waals surface area contributed by atoms with Gasteiger partial charge in [0.25, 0.3) is 0 Å². The van der Waals surface area contributed by atoms with Gasteiger partial charge in [0, 0.05) is 17.6 Å². The Morgan fingerprint density at radius 1 is 1.37 bits per heavy atom. The SMILES string of the molecule is C=CCC(OC(=O)C1=C(C(=O)O)CCCC1)C(=C)C. The Kier molecular flexibility index (Phi) is 5.55. The van der Waals surface area contributed by atoms with Gasteiger partial charge in [0.1, 0.15) is 6.10 Å². The van der Waals surface area contributed by atoms with Crippen LogP contribution in [-0.2, 0) is 14.3 Å². The number of carbonyl (C=O) groups excluding carboxylic acids is 1. The van der Waals surface area contributed by atoms with E-state index in [4.69, 9.17) is 9.84 Å². The zero-order chi connectivity index (χ0) is 14.4. The first-order valence-corrected chi connectivity index (χ1v) is 6.40. The van der Waals surface area contributed by atoms with E-state index in [1.165, 1.54) is 0 Å². The van der Waals surface area contributed by atoms with Crippen LogP contribution in [0.5, 0.6) is 0 Å². The van der Waals surface area contributed by atoms with Crippen molar-refractivity contribution in [2.75, 3.05) is 0 Å². The molecule has 0 spiro atoms. The summed E-state index contributed by atoms with van der Waals surface area (Å²) in [5, 5.41) is 9.10.